The summed E-state index contributed by atoms with van der Waals surface area (Å²) in [6, 6.07) is 0. The third-order valence-corrected chi connectivity index (χ3v) is 3.02. The fourth-order valence-electron chi connectivity index (χ4n) is 1.75. The van der Waals surface area contributed by atoms with Gasteiger partial charge in [-0.25, -0.2) is 4.79 Å². The Morgan fingerprint density at radius 3 is 1.44 bits per heavy atom. The standard InChI is InChI=1S/C12H25.C5H6O4.Na.H2O4S/c1-3-5-7-9-11-12-10-8-6-4-2;1-3(5(8)9)2-4(6)7;;1-5(2,3)4/h1,3-12H2,2H3;1-2H2,(H,6,7)(H,8,9);;(H2,1,2,3,4)/q-1;;+1;. The fourth-order valence-corrected chi connectivity index (χ4v) is 1.75. The van der Waals surface area contributed by atoms with Crippen LogP contribution in [0.15, 0.2) is 12.2 Å². The Bertz CT molecular complexity index is 459. The van der Waals surface area contributed by atoms with Crippen LogP contribution in [0.2, 0.25) is 0 Å². The Morgan fingerprint density at radius 1 is 0.889 bits per heavy atom. The van der Waals surface area contributed by atoms with Crippen LogP contribution in [0.1, 0.15) is 77.6 Å². The van der Waals surface area contributed by atoms with Gasteiger partial charge in [0.25, 0.3) is 0 Å². The van der Waals surface area contributed by atoms with Crippen molar-refractivity contribution < 1.29 is 66.9 Å². The van der Waals surface area contributed by atoms with Crippen molar-refractivity contribution >= 4 is 22.3 Å². The molecule has 0 radical (unpaired) electrons. The average molecular weight is 421 g/mol. The molecule has 0 aliphatic rings. The first kappa shape index (κ1) is 34.1. The molecule has 0 atom stereocenters. The molecule has 0 saturated heterocycles. The molecule has 0 saturated carbocycles. The van der Waals surface area contributed by atoms with E-state index in [-0.39, 0.29) is 35.1 Å². The fraction of sp³-hybridized carbons (Fsp3) is 0.706. The second-order valence-corrected chi connectivity index (χ2v) is 6.50. The number of carbonyl (C=O) groups is 2. The van der Waals surface area contributed by atoms with E-state index in [0.29, 0.717) is 0 Å². The zero-order chi connectivity index (χ0) is 21.0. The molecule has 0 rings (SSSR count). The maximum absolute atomic E-state index is 9.87. The van der Waals surface area contributed by atoms with Gasteiger partial charge in [-0.1, -0.05) is 71.3 Å². The molecular formula is C17H33NaO8S. The molecular weight excluding hydrogens is 387 g/mol. The summed E-state index contributed by atoms with van der Waals surface area (Å²) in [5, 5.41) is 16.1. The molecule has 27 heavy (non-hydrogen) atoms. The Balaban J connectivity index is -0.000000156. The van der Waals surface area contributed by atoms with Gasteiger partial charge in [0.15, 0.2) is 0 Å². The van der Waals surface area contributed by atoms with E-state index in [9.17, 15) is 9.59 Å². The van der Waals surface area contributed by atoms with Gasteiger partial charge < -0.3 is 17.1 Å². The zero-order valence-electron chi connectivity index (χ0n) is 16.5. The van der Waals surface area contributed by atoms with Crippen LogP contribution >= 0.6 is 0 Å². The minimum Gasteiger partial charge on any atom is -0.481 e. The number of aliphatic carboxylic acids is 2. The van der Waals surface area contributed by atoms with Gasteiger partial charge in [0.05, 0.1) is 6.42 Å². The molecule has 0 fully saturated rings. The molecule has 0 aliphatic heterocycles. The first-order valence-corrected chi connectivity index (χ1v) is 9.97. The number of hydrogen-bond acceptors (Lipinski definition) is 4. The van der Waals surface area contributed by atoms with Gasteiger partial charge in [-0.05, 0) is 0 Å². The number of carboxylic acids is 2. The minimum absolute atomic E-state index is 0. The van der Waals surface area contributed by atoms with Crippen molar-refractivity contribution in [1.29, 1.82) is 0 Å². The second-order valence-electron chi connectivity index (χ2n) is 5.61. The van der Waals surface area contributed by atoms with E-state index in [1.165, 1.54) is 57.8 Å². The number of unbranched alkanes of at least 4 members (excludes halogenated alkanes) is 9. The largest absolute Gasteiger partial charge is 1.00 e. The van der Waals surface area contributed by atoms with Crippen molar-refractivity contribution in [3.05, 3.63) is 19.1 Å². The third kappa shape index (κ3) is 51.7. The number of hydrogen-bond donors (Lipinski definition) is 4. The van der Waals surface area contributed by atoms with Crippen molar-refractivity contribution in [2.45, 2.75) is 77.6 Å². The third-order valence-electron chi connectivity index (χ3n) is 3.02. The zero-order valence-corrected chi connectivity index (χ0v) is 19.3. The van der Waals surface area contributed by atoms with Crippen LogP contribution in [0.3, 0.4) is 0 Å². The predicted molar refractivity (Wildman–Crippen MR) is 100 cm³/mol. The molecule has 0 bridgehead atoms. The van der Waals surface area contributed by atoms with E-state index in [1.807, 2.05) is 0 Å². The molecule has 10 heteroatoms. The van der Waals surface area contributed by atoms with Gasteiger partial charge in [-0.3, -0.25) is 13.9 Å². The Hall–Kier alpha value is -0.450. The number of carboxylic acid groups (broad SMARTS) is 2. The summed E-state index contributed by atoms with van der Waals surface area (Å²) in [5.41, 5.74) is -0.303. The second kappa shape index (κ2) is 23.6. The first-order chi connectivity index (χ1) is 12.0. The van der Waals surface area contributed by atoms with Crippen LogP contribution < -0.4 is 29.6 Å². The van der Waals surface area contributed by atoms with E-state index in [2.05, 4.69) is 20.4 Å². The number of rotatable bonds is 12. The van der Waals surface area contributed by atoms with E-state index < -0.39 is 28.8 Å². The Labute approximate surface area is 185 Å². The first-order valence-electron chi connectivity index (χ1n) is 8.57. The van der Waals surface area contributed by atoms with Crippen LogP contribution in [-0.4, -0.2) is 39.7 Å². The van der Waals surface area contributed by atoms with Crippen molar-refractivity contribution in [3.63, 3.8) is 0 Å². The van der Waals surface area contributed by atoms with E-state index in [1.54, 1.807) is 0 Å². The summed E-state index contributed by atoms with van der Waals surface area (Å²) in [7, 11) is -4.67. The molecule has 0 aromatic rings. The molecule has 4 N–H and O–H groups in total. The van der Waals surface area contributed by atoms with Crippen molar-refractivity contribution in [2.24, 2.45) is 0 Å². The van der Waals surface area contributed by atoms with Gasteiger partial charge in [-0.15, -0.1) is 0 Å². The normalized spacial score (nSPS) is 9.63. The van der Waals surface area contributed by atoms with Gasteiger partial charge in [0.2, 0.25) is 0 Å². The SMILES string of the molecule is C=C(CC(=O)O)C(=O)O.O=S(=O)(O)O.[CH2-]CCCCCCCCCCC.[Na+]. The van der Waals surface area contributed by atoms with E-state index in [0.717, 1.165) is 6.42 Å². The van der Waals surface area contributed by atoms with Crippen LogP contribution in [0.4, 0.5) is 0 Å². The smallest absolute Gasteiger partial charge is 0.481 e. The summed E-state index contributed by atoms with van der Waals surface area (Å²) < 4.78 is 31.6. The maximum Gasteiger partial charge on any atom is 1.00 e. The molecule has 0 spiro atoms. The molecule has 0 aromatic heterocycles. The summed E-state index contributed by atoms with van der Waals surface area (Å²) in [6.07, 6.45) is 13.4. The summed E-state index contributed by atoms with van der Waals surface area (Å²) >= 11 is 0. The van der Waals surface area contributed by atoms with Crippen LogP contribution in [0, 0.1) is 6.92 Å². The maximum atomic E-state index is 9.87. The topological polar surface area (TPSA) is 149 Å². The van der Waals surface area contributed by atoms with Gasteiger partial charge >= 0.3 is 51.9 Å². The Morgan fingerprint density at radius 2 is 1.22 bits per heavy atom. The van der Waals surface area contributed by atoms with Gasteiger partial charge in [0, 0.05) is 5.57 Å². The van der Waals surface area contributed by atoms with Crippen LogP contribution in [-0.2, 0) is 20.0 Å². The summed E-state index contributed by atoms with van der Waals surface area (Å²) in [5.74, 6) is -2.44. The molecule has 0 aliphatic carbocycles. The molecule has 0 unspecified atom stereocenters. The quantitative estimate of drug-likeness (QED) is 0.121. The van der Waals surface area contributed by atoms with E-state index >= 15 is 0 Å². The van der Waals surface area contributed by atoms with Crippen molar-refractivity contribution in [1.82, 2.24) is 0 Å². The minimum atomic E-state index is -4.67. The molecule has 156 valence electrons. The summed E-state index contributed by atoms with van der Waals surface area (Å²) in [4.78, 5) is 19.7. The van der Waals surface area contributed by atoms with Crippen LogP contribution in [0.5, 0.6) is 0 Å². The Kier molecular flexibility index (Phi) is 29.8. The van der Waals surface area contributed by atoms with Crippen molar-refractivity contribution in [3.8, 4) is 0 Å². The molecule has 0 aromatic carbocycles. The van der Waals surface area contributed by atoms with Crippen LogP contribution in [0.25, 0.3) is 0 Å². The average Bonchev–Trinajstić information content (AvgIpc) is 2.48. The molecule has 8 nitrogen and oxygen atoms in total. The van der Waals surface area contributed by atoms with Gasteiger partial charge in [-0.2, -0.15) is 14.8 Å². The monoisotopic (exact) mass is 420 g/mol. The van der Waals surface area contributed by atoms with Gasteiger partial charge in [0.1, 0.15) is 0 Å². The predicted octanol–water partition coefficient (Wildman–Crippen LogP) is 1.19. The molecule has 0 heterocycles. The van der Waals surface area contributed by atoms with Crippen molar-refractivity contribution in [2.75, 3.05) is 0 Å². The summed E-state index contributed by atoms with van der Waals surface area (Å²) in [6.45, 7) is 9.13. The molecule has 0 amide bonds. The van der Waals surface area contributed by atoms with E-state index in [4.69, 9.17) is 27.7 Å².